The molecule has 1 atom stereocenters. The van der Waals surface area contributed by atoms with Crippen molar-refractivity contribution in [2.75, 3.05) is 6.54 Å². The smallest absolute Gasteiger partial charge is 0.0549 e. The van der Waals surface area contributed by atoms with E-state index in [4.69, 9.17) is 0 Å². The topological polar surface area (TPSA) is 32.3 Å². The summed E-state index contributed by atoms with van der Waals surface area (Å²) in [7, 11) is 0. The van der Waals surface area contributed by atoms with Crippen LogP contribution in [0.2, 0.25) is 0 Å². The summed E-state index contributed by atoms with van der Waals surface area (Å²) in [4.78, 5) is 0. The van der Waals surface area contributed by atoms with Crippen molar-refractivity contribution >= 4 is 0 Å². The van der Waals surface area contributed by atoms with Gasteiger partial charge in [-0.2, -0.15) is 0 Å². The molecule has 0 aliphatic carbocycles. The van der Waals surface area contributed by atoms with Crippen molar-refractivity contribution in [3.8, 4) is 0 Å². The SMILES string of the molecule is CCC(O)CCNCc1c(C)cc(C)cc1C. The number of benzene rings is 1. The van der Waals surface area contributed by atoms with Crippen LogP contribution >= 0.6 is 0 Å². The molecule has 0 amide bonds. The number of hydrogen-bond acceptors (Lipinski definition) is 2. The maximum absolute atomic E-state index is 9.46. The van der Waals surface area contributed by atoms with E-state index in [0.29, 0.717) is 0 Å². The molecule has 0 aliphatic heterocycles. The lowest BCUT2D eigenvalue weighted by molar-refractivity contribution is 0.159. The quantitative estimate of drug-likeness (QED) is 0.743. The average molecular weight is 235 g/mol. The second kappa shape index (κ2) is 6.77. The molecule has 2 nitrogen and oxygen atoms in total. The Labute approximate surface area is 105 Å². The third-order valence-corrected chi connectivity index (χ3v) is 3.27. The highest BCUT2D eigenvalue weighted by Gasteiger charge is 2.04. The molecule has 2 heteroatoms. The molecule has 2 N–H and O–H groups in total. The van der Waals surface area contributed by atoms with Crippen molar-refractivity contribution in [2.24, 2.45) is 0 Å². The van der Waals surface area contributed by atoms with Crippen LogP contribution in [0, 0.1) is 20.8 Å². The van der Waals surface area contributed by atoms with Gasteiger partial charge < -0.3 is 10.4 Å². The summed E-state index contributed by atoms with van der Waals surface area (Å²) < 4.78 is 0. The van der Waals surface area contributed by atoms with Crippen molar-refractivity contribution in [3.63, 3.8) is 0 Å². The van der Waals surface area contributed by atoms with E-state index < -0.39 is 0 Å². The van der Waals surface area contributed by atoms with Gasteiger partial charge in [-0.05, 0) is 56.8 Å². The number of aliphatic hydroxyl groups excluding tert-OH is 1. The largest absolute Gasteiger partial charge is 0.393 e. The molecule has 0 radical (unpaired) electrons. The van der Waals surface area contributed by atoms with Crippen LogP contribution in [0.15, 0.2) is 12.1 Å². The summed E-state index contributed by atoms with van der Waals surface area (Å²) in [5, 5.41) is 12.9. The maximum atomic E-state index is 9.46. The van der Waals surface area contributed by atoms with Gasteiger partial charge in [-0.15, -0.1) is 0 Å². The van der Waals surface area contributed by atoms with Crippen molar-refractivity contribution < 1.29 is 5.11 Å². The van der Waals surface area contributed by atoms with Crippen molar-refractivity contribution in [3.05, 3.63) is 34.4 Å². The molecule has 0 heterocycles. The Morgan fingerprint density at radius 3 is 2.29 bits per heavy atom. The van der Waals surface area contributed by atoms with Gasteiger partial charge in [0.1, 0.15) is 0 Å². The van der Waals surface area contributed by atoms with Gasteiger partial charge in [0.25, 0.3) is 0 Å². The lowest BCUT2D eigenvalue weighted by Gasteiger charge is -2.13. The molecule has 96 valence electrons. The van der Waals surface area contributed by atoms with E-state index in [1.165, 1.54) is 22.3 Å². The van der Waals surface area contributed by atoms with Gasteiger partial charge in [0.15, 0.2) is 0 Å². The van der Waals surface area contributed by atoms with Gasteiger partial charge >= 0.3 is 0 Å². The minimum absolute atomic E-state index is 0.164. The molecule has 0 bridgehead atoms. The Balaban J connectivity index is 2.47. The van der Waals surface area contributed by atoms with Crippen molar-refractivity contribution in [1.29, 1.82) is 0 Å². The predicted octanol–water partition coefficient (Wildman–Crippen LogP) is 2.86. The summed E-state index contributed by atoms with van der Waals surface area (Å²) in [6.07, 6.45) is 1.51. The molecule has 1 rings (SSSR count). The van der Waals surface area contributed by atoms with Crippen LogP contribution in [0.1, 0.15) is 42.0 Å². The van der Waals surface area contributed by atoms with E-state index in [2.05, 4.69) is 38.2 Å². The highest BCUT2D eigenvalue weighted by Crippen LogP contribution is 2.15. The molecular formula is C15H25NO. The first-order valence-corrected chi connectivity index (χ1v) is 6.50. The summed E-state index contributed by atoms with van der Waals surface area (Å²) in [5.41, 5.74) is 5.42. The van der Waals surface area contributed by atoms with Crippen LogP contribution in [-0.4, -0.2) is 17.8 Å². The molecule has 1 unspecified atom stereocenters. The fourth-order valence-electron chi connectivity index (χ4n) is 2.17. The second-order valence-corrected chi connectivity index (χ2v) is 4.90. The van der Waals surface area contributed by atoms with E-state index in [1.807, 2.05) is 6.92 Å². The zero-order chi connectivity index (χ0) is 12.8. The summed E-state index contributed by atoms with van der Waals surface area (Å²) >= 11 is 0. The normalized spacial score (nSPS) is 12.8. The first kappa shape index (κ1) is 14.2. The minimum atomic E-state index is -0.164. The summed E-state index contributed by atoms with van der Waals surface area (Å²) in [5.74, 6) is 0. The molecule has 0 spiro atoms. The minimum Gasteiger partial charge on any atom is -0.393 e. The highest BCUT2D eigenvalue weighted by atomic mass is 16.3. The van der Waals surface area contributed by atoms with Crippen LogP contribution in [-0.2, 0) is 6.54 Å². The average Bonchev–Trinajstić information content (AvgIpc) is 2.26. The Morgan fingerprint density at radius 1 is 1.18 bits per heavy atom. The van der Waals surface area contributed by atoms with E-state index >= 15 is 0 Å². The molecule has 17 heavy (non-hydrogen) atoms. The molecule has 0 saturated carbocycles. The summed E-state index contributed by atoms with van der Waals surface area (Å²) in [6.45, 7) is 10.2. The monoisotopic (exact) mass is 235 g/mol. The van der Waals surface area contributed by atoms with Gasteiger partial charge in [-0.1, -0.05) is 24.6 Å². The molecule has 1 aromatic carbocycles. The fraction of sp³-hybridized carbons (Fsp3) is 0.600. The van der Waals surface area contributed by atoms with Gasteiger partial charge in [0.2, 0.25) is 0 Å². The Morgan fingerprint density at radius 2 is 1.76 bits per heavy atom. The lowest BCUT2D eigenvalue weighted by Crippen LogP contribution is -2.20. The van der Waals surface area contributed by atoms with Crippen LogP contribution in [0.3, 0.4) is 0 Å². The molecule has 1 aromatic rings. The van der Waals surface area contributed by atoms with E-state index in [1.54, 1.807) is 0 Å². The second-order valence-electron chi connectivity index (χ2n) is 4.90. The number of aliphatic hydroxyl groups is 1. The predicted molar refractivity (Wildman–Crippen MR) is 73.3 cm³/mol. The van der Waals surface area contributed by atoms with Gasteiger partial charge in [0, 0.05) is 6.54 Å². The van der Waals surface area contributed by atoms with E-state index in [0.717, 1.165) is 25.9 Å². The van der Waals surface area contributed by atoms with Gasteiger partial charge in [-0.25, -0.2) is 0 Å². The number of hydrogen-bond donors (Lipinski definition) is 2. The molecular weight excluding hydrogens is 210 g/mol. The third kappa shape index (κ3) is 4.49. The van der Waals surface area contributed by atoms with Gasteiger partial charge in [0.05, 0.1) is 6.10 Å². The Hall–Kier alpha value is -0.860. The highest BCUT2D eigenvalue weighted by molar-refractivity contribution is 5.37. The molecule has 0 aliphatic rings. The Kier molecular flexibility index (Phi) is 5.66. The van der Waals surface area contributed by atoms with E-state index in [9.17, 15) is 5.11 Å². The van der Waals surface area contributed by atoms with Gasteiger partial charge in [-0.3, -0.25) is 0 Å². The zero-order valence-electron chi connectivity index (χ0n) is 11.5. The molecule has 0 fully saturated rings. The third-order valence-electron chi connectivity index (χ3n) is 3.27. The lowest BCUT2D eigenvalue weighted by atomic mass is 10.00. The summed E-state index contributed by atoms with van der Waals surface area (Å²) in [6, 6.07) is 4.45. The molecule has 0 aromatic heterocycles. The van der Waals surface area contributed by atoms with Crippen molar-refractivity contribution in [1.82, 2.24) is 5.32 Å². The number of aryl methyl sites for hydroxylation is 3. The number of nitrogens with one attached hydrogen (secondary N) is 1. The molecule has 0 saturated heterocycles. The fourth-order valence-corrected chi connectivity index (χ4v) is 2.17. The first-order chi connectivity index (χ1) is 8.04. The Bertz CT molecular complexity index is 337. The zero-order valence-corrected chi connectivity index (χ0v) is 11.5. The van der Waals surface area contributed by atoms with Crippen molar-refractivity contribution in [2.45, 2.75) is 53.2 Å². The van der Waals surface area contributed by atoms with E-state index in [-0.39, 0.29) is 6.10 Å². The van der Waals surface area contributed by atoms with Crippen LogP contribution < -0.4 is 5.32 Å². The maximum Gasteiger partial charge on any atom is 0.0549 e. The van der Waals surface area contributed by atoms with Crippen LogP contribution in [0.5, 0.6) is 0 Å². The number of rotatable bonds is 6. The van der Waals surface area contributed by atoms with Crippen LogP contribution in [0.25, 0.3) is 0 Å². The van der Waals surface area contributed by atoms with Crippen LogP contribution in [0.4, 0.5) is 0 Å². The standard InChI is InChI=1S/C15H25NO/c1-5-14(17)6-7-16-10-15-12(3)8-11(2)9-13(15)4/h8-9,14,16-17H,5-7,10H2,1-4H3. The first-order valence-electron chi connectivity index (χ1n) is 6.50.